The average Bonchev–Trinajstić information content (AvgIpc) is 3.05. The van der Waals surface area contributed by atoms with Gasteiger partial charge in [0.15, 0.2) is 0 Å². The lowest BCUT2D eigenvalue weighted by molar-refractivity contribution is -0.396. The van der Waals surface area contributed by atoms with Gasteiger partial charge < -0.3 is 14.9 Å². The number of hydrogen-bond acceptors (Lipinski definition) is 6. The SMILES string of the molecule is O=[N+]([O-])c1nccn1CCn1cc(COCC[18F])nn1. The Hall–Kier alpha value is -2.36. The van der Waals surface area contributed by atoms with Crippen LogP contribution < -0.4 is 0 Å². The van der Waals surface area contributed by atoms with Gasteiger partial charge in [0.2, 0.25) is 0 Å². The van der Waals surface area contributed by atoms with Gasteiger partial charge in [-0.25, -0.2) is 13.6 Å². The summed E-state index contributed by atoms with van der Waals surface area (Å²) in [6.45, 7) is 0.430. The van der Waals surface area contributed by atoms with Gasteiger partial charge in [-0.15, -0.1) is 5.10 Å². The Morgan fingerprint density at radius 3 is 3.05 bits per heavy atom. The highest BCUT2D eigenvalue weighted by Crippen LogP contribution is 2.07. The number of nitrogens with zero attached hydrogens (tertiary/aromatic N) is 6. The van der Waals surface area contributed by atoms with E-state index in [2.05, 4.69) is 15.3 Å². The van der Waals surface area contributed by atoms with Crippen LogP contribution in [0.5, 0.6) is 0 Å². The summed E-state index contributed by atoms with van der Waals surface area (Å²) in [4.78, 5) is 13.8. The van der Waals surface area contributed by atoms with Crippen molar-refractivity contribution in [3.05, 3.63) is 34.4 Å². The summed E-state index contributed by atoms with van der Waals surface area (Å²) in [5.41, 5.74) is 0.582. The molecule has 0 aliphatic carbocycles. The molecule has 9 nitrogen and oxygen atoms in total. The van der Waals surface area contributed by atoms with Gasteiger partial charge in [-0.3, -0.25) is 0 Å². The first-order chi connectivity index (χ1) is 9.70. The summed E-state index contributed by atoms with van der Waals surface area (Å²) in [5, 5.41) is 18.4. The van der Waals surface area contributed by atoms with Crippen molar-refractivity contribution in [2.45, 2.75) is 19.7 Å². The molecule has 0 bridgehead atoms. The monoisotopic (exact) mass is 283 g/mol. The van der Waals surface area contributed by atoms with E-state index in [1.165, 1.54) is 21.6 Å². The second-order valence-corrected chi connectivity index (χ2v) is 3.89. The van der Waals surface area contributed by atoms with Crippen molar-refractivity contribution < 1.29 is 14.1 Å². The molecule has 0 fully saturated rings. The zero-order chi connectivity index (χ0) is 14.4. The normalized spacial score (nSPS) is 10.8. The van der Waals surface area contributed by atoms with E-state index in [0.29, 0.717) is 18.8 Å². The molecule has 0 spiro atoms. The van der Waals surface area contributed by atoms with Gasteiger partial charge in [0.05, 0.1) is 32.5 Å². The lowest BCUT2D eigenvalue weighted by Gasteiger charge is -2.01. The molecule has 2 aromatic heterocycles. The maximum atomic E-state index is 11.9. The third kappa shape index (κ3) is 3.57. The number of nitro groups is 1. The summed E-state index contributed by atoms with van der Waals surface area (Å²) in [6, 6.07) is 0. The van der Waals surface area contributed by atoms with Crippen molar-refractivity contribution in [2.75, 3.05) is 13.3 Å². The van der Waals surface area contributed by atoms with Crippen molar-refractivity contribution in [3.8, 4) is 0 Å². The number of hydrogen-bond donors (Lipinski definition) is 0. The topological polar surface area (TPSA) is 101 Å². The molecule has 0 aliphatic heterocycles. The lowest BCUT2D eigenvalue weighted by atomic mass is 10.5. The molecule has 0 aliphatic rings. The third-order valence-corrected chi connectivity index (χ3v) is 2.48. The molecule has 20 heavy (non-hydrogen) atoms. The molecule has 2 aromatic rings. The highest BCUT2D eigenvalue weighted by Gasteiger charge is 2.13. The Balaban J connectivity index is 1.87. The van der Waals surface area contributed by atoms with Crippen LogP contribution in [0.3, 0.4) is 0 Å². The Bertz CT molecular complexity index is 569. The van der Waals surface area contributed by atoms with Crippen LogP contribution in [0.1, 0.15) is 5.69 Å². The second kappa shape index (κ2) is 6.70. The van der Waals surface area contributed by atoms with Crippen LogP contribution >= 0.6 is 0 Å². The number of alkyl halides is 1. The van der Waals surface area contributed by atoms with E-state index in [1.54, 1.807) is 6.20 Å². The first-order valence-electron chi connectivity index (χ1n) is 5.89. The number of ether oxygens (including phenoxy) is 1. The number of aryl methyl sites for hydroxylation is 2. The predicted octanol–water partition coefficient (Wildman–Crippen LogP) is 0.569. The molecule has 0 aromatic carbocycles. The molecular weight excluding hydrogens is 270 g/mol. The number of halogens is 1. The lowest BCUT2D eigenvalue weighted by Crippen LogP contribution is -2.09. The molecule has 0 atom stereocenters. The molecule has 0 N–H and O–H groups in total. The first kappa shape index (κ1) is 14.1. The Kier molecular flexibility index (Phi) is 4.71. The van der Waals surface area contributed by atoms with E-state index >= 15 is 0 Å². The fraction of sp³-hybridized carbons (Fsp3) is 0.500. The minimum atomic E-state index is -0.544. The second-order valence-electron chi connectivity index (χ2n) is 3.89. The van der Waals surface area contributed by atoms with Gasteiger partial charge in [-0.2, -0.15) is 0 Å². The molecule has 0 saturated carbocycles. The van der Waals surface area contributed by atoms with E-state index in [4.69, 9.17) is 4.74 Å². The van der Waals surface area contributed by atoms with Crippen molar-refractivity contribution >= 4 is 5.95 Å². The molecule has 10 heteroatoms. The van der Waals surface area contributed by atoms with Crippen LogP contribution in [0.4, 0.5) is 10.3 Å². The van der Waals surface area contributed by atoms with Gasteiger partial charge in [0.1, 0.15) is 24.8 Å². The average molecular weight is 283 g/mol. The van der Waals surface area contributed by atoms with E-state index in [-0.39, 0.29) is 19.2 Å². The van der Waals surface area contributed by atoms with Gasteiger partial charge in [0, 0.05) is 0 Å². The minimum Gasteiger partial charge on any atom is -0.390 e. The molecular formula is C10H13FN6O3. The van der Waals surface area contributed by atoms with Gasteiger partial charge >= 0.3 is 5.95 Å². The van der Waals surface area contributed by atoms with Gasteiger partial charge in [-0.05, 0) is 4.92 Å². The summed E-state index contributed by atoms with van der Waals surface area (Å²) in [6.07, 6.45) is 4.55. The standard InChI is InChI=1S/C10H13FN6O3/c11-1-6-20-8-9-7-16(14-13-9)5-4-15-3-2-12-10(15)17(18)19/h2-3,7H,1,4-6,8H2/i11-1. The Morgan fingerprint density at radius 1 is 1.45 bits per heavy atom. The highest BCUT2D eigenvalue weighted by molar-refractivity contribution is 5.06. The number of rotatable bonds is 8. The molecule has 0 unspecified atom stereocenters. The fourth-order valence-electron chi connectivity index (χ4n) is 1.60. The molecule has 0 radical (unpaired) electrons. The van der Waals surface area contributed by atoms with E-state index in [0.717, 1.165) is 0 Å². The summed E-state index contributed by atoms with van der Waals surface area (Å²) in [7, 11) is 0. The molecule has 2 rings (SSSR count). The predicted molar refractivity (Wildman–Crippen MR) is 64.5 cm³/mol. The van der Waals surface area contributed by atoms with E-state index in [1.807, 2.05) is 0 Å². The van der Waals surface area contributed by atoms with Crippen LogP contribution in [0.25, 0.3) is 0 Å². The van der Waals surface area contributed by atoms with Crippen molar-refractivity contribution in [2.24, 2.45) is 0 Å². The van der Waals surface area contributed by atoms with E-state index < -0.39 is 11.6 Å². The summed E-state index contributed by atoms with van der Waals surface area (Å²) < 4.78 is 19.8. The van der Waals surface area contributed by atoms with Crippen molar-refractivity contribution in [1.82, 2.24) is 24.5 Å². The van der Waals surface area contributed by atoms with Crippen LogP contribution in [-0.2, 0) is 24.4 Å². The van der Waals surface area contributed by atoms with Crippen LogP contribution in [0.15, 0.2) is 18.6 Å². The van der Waals surface area contributed by atoms with Crippen molar-refractivity contribution in [3.63, 3.8) is 0 Å². The quantitative estimate of drug-likeness (QED) is 0.399. The molecule has 0 amide bonds. The van der Waals surface area contributed by atoms with Crippen LogP contribution in [0, 0.1) is 10.1 Å². The summed E-state index contributed by atoms with van der Waals surface area (Å²) in [5.74, 6) is -0.211. The summed E-state index contributed by atoms with van der Waals surface area (Å²) >= 11 is 0. The smallest absolute Gasteiger partial charge is 0.390 e. The molecule has 0 saturated heterocycles. The van der Waals surface area contributed by atoms with E-state index in [9.17, 15) is 14.5 Å². The number of aromatic nitrogens is 5. The maximum absolute atomic E-state index is 11.9. The number of imidazole rings is 1. The fourth-order valence-corrected chi connectivity index (χ4v) is 1.60. The van der Waals surface area contributed by atoms with Crippen LogP contribution in [-0.4, -0.2) is 42.7 Å². The Labute approximate surface area is 113 Å². The van der Waals surface area contributed by atoms with Crippen molar-refractivity contribution in [1.29, 1.82) is 0 Å². The Morgan fingerprint density at radius 2 is 2.30 bits per heavy atom. The van der Waals surface area contributed by atoms with Gasteiger partial charge in [0.25, 0.3) is 0 Å². The first-order valence-corrected chi connectivity index (χ1v) is 5.89. The minimum absolute atomic E-state index is 0.0219. The third-order valence-electron chi connectivity index (χ3n) is 2.48. The maximum Gasteiger partial charge on any atom is 0.434 e. The highest BCUT2D eigenvalue weighted by atomic mass is 18.2. The largest absolute Gasteiger partial charge is 0.434 e. The molecule has 2 heterocycles. The van der Waals surface area contributed by atoms with Crippen LogP contribution in [0.2, 0.25) is 0 Å². The zero-order valence-electron chi connectivity index (χ0n) is 10.6. The molecule has 108 valence electrons. The van der Waals surface area contributed by atoms with Gasteiger partial charge in [-0.1, -0.05) is 10.2 Å². The zero-order valence-corrected chi connectivity index (χ0v) is 10.6.